The molecule has 1 fully saturated rings. The van der Waals surface area contributed by atoms with Crippen molar-refractivity contribution in [2.75, 3.05) is 19.0 Å². The molecular formula is C16H31ClN2O8. The molecule has 1 rings (SSSR count). The van der Waals surface area contributed by atoms with Gasteiger partial charge in [0.25, 0.3) is 0 Å². The molecule has 7 atom stereocenters. The number of halogens is 1. The third kappa shape index (κ3) is 6.13. The summed E-state index contributed by atoms with van der Waals surface area (Å²) in [4.78, 5) is 13.1. The van der Waals surface area contributed by atoms with Gasteiger partial charge < -0.3 is 40.7 Å². The second-order valence-corrected chi connectivity index (χ2v) is 7.67. The maximum atomic E-state index is 12.3. The van der Waals surface area contributed by atoms with Crippen molar-refractivity contribution < 1.29 is 40.2 Å². The van der Waals surface area contributed by atoms with Crippen LogP contribution in [-0.2, 0) is 4.74 Å². The van der Waals surface area contributed by atoms with Crippen LogP contribution in [0.25, 0.3) is 0 Å². The first-order valence-electron chi connectivity index (χ1n) is 8.85. The second kappa shape index (κ2) is 10.2. The maximum absolute atomic E-state index is 12.3. The van der Waals surface area contributed by atoms with Gasteiger partial charge in [-0.15, -0.1) is 11.6 Å². The average molecular weight is 415 g/mol. The van der Waals surface area contributed by atoms with Crippen molar-refractivity contribution in [3.8, 4) is 0 Å². The molecule has 2 amide bonds. The van der Waals surface area contributed by atoms with Crippen molar-refractivity contribution in [2.24, 2.45) is 5.92 Å². The Morgan fingerprint density at radius 2 is 1.81 bits per heavy atom. The molecule has 3 unspecified atom stereocenters. The molecule has 0 bridgehead atoms. The van der Waals surface area contributed by atoms with Gasteiger partial charge in [-0.05, 0) is 12.8 Å². The van der Waals surface area contributed by atoms with E-state index < -0.39 is 48.6 Å². The molecule has 11 heteroatoms. The second-order valence-electron chi connectivity index (χ2n) is 7.29. The van der Waals surface area contributed by atoms with Crippen LogP contribution in [0.2, 0.25) is 0 Å². The normalized spacial score (nSPS) is 33.6. The van der Waals surface area contributed by atoms with E-state index in [2.05, 4.69) is 5.32 Å². The Kier molecular flexibility index (Phi) is 9.16. The van der Waals surface area contributed by atoms with Crippen LogP contribution in [0.5, 0.6) is 0 Å². The topological polar surface area (TPSA) is 163 Å². The molecule has 7 N–H and O–H groups in total. The van der Waals surface area contributed by atoms with Gasteiger partial charge in [0.1, 0.15) is 24.4 Å². The molecule has 1 heterocycles. The summed E-state index contributed by atoms with van der Waals surface area (Å²) in [5.41, 5.74) is 0. The van der Waals surface area contributed by atoms with Crippen molar-refractivity contribution in [3.05, 3.63) is 0 Å². The van der Waals surface area contributed by atoms with Gasteiger partial charge in [-0.1, -0.05) is 13.8 Å². The fourth-order valence-electron chi connectivity index (χ4n) is 3.04. The molecule has 0 aromatic heterocycles. The Morgan fingerprint density at radius 3 is 2.30 bits per heavy atom. The largest absolute Gasteiger partial charge is 0.392 e. The van der Waals surface area contributed by atoms with E-state index in [1.54, 1.807) is 13.8 Å². The van der Waals surface area contributed by atoms with Crippen LogP contribution >= 0.6 is 11.6 Å². The first kappa shape index (κ1) is 24.3. The summed E-state index contributed by atoms with van der Waals surface area (Å²) in [6.07, 6.45) is -9.99. The summed E-state index contributed by atoms with van der Waals surface area (Å²) in [5, 5.41) is 63.8. The van der Waals surface area contributed by atoms with Crippen LogP contribution in [0.3, 0.4) is 0 Å². The lowest BCUT2D eigenvalue weighted by Gasteiger charge is -2.49. The number of hydrogen-bond donors (Lipinski definition) is 7. The average Bonchev–Trinajstić information content (AvgIpc) is 2.57. The number of aliphatic hydroxyl groups excluding tert-OH is 5. The monoisotopic (exact) mass is 414 g/mol. The minimum absolute atomic E-state index is 0.0873. The van der Waals surface area contributed by atoms with E-state index in [0.29, 0.717) is 0 Å². The lowest BCUT2D eigenvalue weighted by atomic mass is 9.87. The fourth-order valence-corrected chi connectivity index (χ4v) is 3.14. The minimum atomic E-state index is -2.23. The van der Waals surface area contributed by atoms with Gasteiger partial charge in [0.15, 0.2) is 12.0 Å². The van der Waals surface area contributed by atoms with Crippen molar-refractivity contribution in [3.63, 3.8) is 0 Å². The predicted octanol–water partition coefficient (Wildman–Crippen LogP) is -1.85. The number of hydrogen-bond acceptors (Lipinski definition) is 8. The van der Waals surface area contributed by atoms with Gasteiger partial charge in [-0.3, -0.25) is 4.90 Å². The zero-order valence-electron chi connectivity index (χ0n) is 15.7. The number of amides is 2. The van der Waals surface area contributed by atoms with Crippen LogP contribution in [-0.4, -0.2) is 103 Å². The quantitative estimate of drug-likeness (QED) is 0.180. The highest BCUT2D eigenvalue weighted by Crippen LogP contribution is 2.34. The Balaban J connectivity index is 3.10. The molecule has 10 nitrogen and oxygen atoms in total. The summed E-state index contributed by atoms with van der Waals surface area (Å²) >= 11 is 5.52. The van der Waals surface area contributed by atoms with E-state index in [4.69, 9.17) is 16.3 Å². The van der Waals surface area contributed by atoms with E-state index >= 15 is 0 Å². The first-order valence-corrected chi connectivity index (χ1v) is 9.39. The third-order valence-corrected chi connectivity index (χ3v) is 4.41. The van der Waals surface area contributed by atoms with Crippen LogP contribution in [0, 0.1) is 5.92 Å². The van der Waals surface area contributed by atoms with Gasteiger partial charge in [-0.25, -0.2) is 4.79 Å². The van der Waals surface area contributed by atoms with Gasteiger partial charge in [0.05, 0.1) is 12.6 Å². The zero-order chi connectivity index (χ0) is 20.9. The lowest BCUT2D eigenvalue weighted by molar-refractivity contribution is -0.367. The zero-order valence-corrected chi connectivity index (χ0v) is 16.5. The molecule has 0 aliphatic carbocycles. The molecular weight excluding hydrogens is 384 g/mol. The molecule has 1 saturated heterocycles. The van der Waals surface area contributed by atoms with E-state index in [1.165, 1.54) is 6.92 Å². The van der Waals surface area contributed by atoms with Crippen LogP contribution < -0.4 is 5.32 Å². The van der Waals surface area contributed by atoms with Gasteiger partial charge >= 0.3 is 6.03 Å². The molecule has 1 aliphatic heterocycles. The standard InChI is InChI=1S/C16H31ClN2O8/c1-8(2)6-16(26)13(23)11(22)10(21)12(27-16)14(24)19(7-9(3)20)15(25)18-5-4-17/h8-14,20-24,26H,4-7H2,1-3H3,(H,18,25)/t9?,10-,11-,12-,13+,14?,16?/m0/s1. The number of rotatable bonds is 8. The Hall–Kier alpha value is -0.720. The fraction of sp³-hybridized carbons (Fsp3) is 0.938. The highest BCUT2D eigenvalue weighted by atomic mass is 35.5. The highest BCUT2D eigenvalue weighted by molar-refractivity contribution is 6.18. The number of nitrogens with zero attached hydrogens (tertiary/aromatic N) is 1. The van der Waals surface area contributed by atoms with E-state index in [0.717, 1.165) is 4.90 Å². The Labute approximate surface area is 163 Å². The number of alkyl halides is 1. The van der Waals surface area contributed by atoms with Crippen LogP contribution in [0.1, 0.15) is 27.2 Å². The number of carbonyl (C=O) groups excluding carboxylic acids is 1. The molecule has 160 valence electrons. The smallest absolute Gasteiger partial charge is 0.319 e. The van der Waals surface area contributed by atoms with Crippen molar-refractivity contribution in [2.45, 2.75) is 69.7 Å². The number of aliphatic hydroxyl groups is 6. The maximum Gasteiger partial charge on any atom is 0.319 e. The molecule has 0 saturated carbocycles. The first-order chi connectivity index (χ1) is 12.4. The van der Waals surface area contributed by atoms with E-state index in [-0.39, 0.29) is 31.3 Å². The van der Waals surface area contributed by atoms with Crippen LogP contribution in [0.4, 0.5) is 4.79 Å². The molecule has 0 aromatic rings. The lowest BCUT2D eigenvalue weighted by Crippen LogP contribution is -2.69. The van der Waals surface area contributed by atoms with Gasteiger partial charge in [0.2, 0.25) is 0 Å². The molecule has 0 spiro atoms. The Bertz CT molecular complexity index is 483. The third-order valence-electron chi connectivity index (χ3n) is 4.22. The SMILES string of the molecule is CC(C)CC1(O)O[C@H](C(O)N(CC(C)O)C(=O)NCCCl)[C@@H](O)[C@H](O)[C@H]1O. The molecule has 0 radical (unpaired) electrons. The van der Waals surface area contributed by atoms with Gasteiger partial charge in [0, 0.05) is 18.8 Å². The van der Waals surface area contributed by atoms with E-state index in [1.807, 2.05) is 0 Å². The van der Waals surface area contributed by atoms with E-state index in [9.17, 15) is 35.4 Å². The molecule has 27 heavy (non-hydrogen) atoms. The minimum Gasteiger partial charge on any atom is -0.392 e. The summed E-state index contributed by atoms with van der Waals surface area (Å²) in [6, 6.07) is -0.784. The predicted molar refractivity (Wildman–Crippen MR) is 95.8 cm³/mol. The van der Waals surface area contributed by atoms with Crippen molar-refractivity contribution >= 4 is 17.6 Å². The van der Waals surface area contributed by atoms with Crippen LogP contribution in [0.15, 0.2) is 0 Å². The number of urea groups is 1. The summed E-state index contributed by atoms with van der Waals surface area (Å²) < 4.78 is 5.37. The Morgan fingerprint density at radius 1 is 1.22 bits per heavy atom. The highest BCUT2D eigenvalue weighted by Gasteiger charge is 2.55. The number of nitrogens with one attached hydrogen (secondary N) is 1. The van der Waals surface area contributed by atoms with Crippen molar-refractivity contribution in [1.29, 1.82) is 0 Å². The molecule has 1 aliphatic rings. The summed E-state index contributed by atoms with van der Waals surface area (Å²) in [6.45, 7) is 4.66. The van der Waals surface area contributed by atoms with Crippen molar-refractivity contribution in [1.82, 2.24) is 10.2 Å². The number of carbonyl (C=O) groups is 1. The summed E-state index contributed by atoms with van der Waals surface area (Å²) in [7, 11) is 0. The van der Waals surface area contributed by atoms with Gasteiger partial charge in [-0.2, -0.15) is 0 Å². The number of ether oxygens (including phenoxy) is 1. The molecule has 0 aromatic carbocycles. The summed E-state index contributed by atoms with van der Waals surface area (Å²) in [5.74, 6) is -2.27.